The van der Waals surface area contributed by atoms with Gasteiger partial charge in [-0.25, -0.2) is 0 Å². The lowest BCUT2D eigenvalue weighted by Crippen LogP contribution is -1.91. The highest BCUT2D eigenvalue weighted by molar-refractivity contribution is 5.27. The molecule has 0 heterocycles. The van der Waals surface area contributed by atoms with E-state index < -0.39 is 0 Å². The lowest BCUT2D eigenvalue weighted by Gasteiger charge is -2.10. The summed E-state index contributed by atoms with van der Waals surface area (Å²) in [6.45, 7) is 4.26. The van der Waals surface area contributed by atoms with Gasteiger partial charge in [0.1, 0.15) is 5.75 Å². The van der Waals surface area contributed by atoms with E-state index in [9.17, 15) is 0 Å². The molecule has 76 valence electrons. The first-order valence-corrected chi connectivity index (χ1v) is 5.14. The van der Waals surface area contributed by atoms with Crippen molar-refractivity contribution in [3.63, 3.8) is 0 Å². The molecule has 1 N–H and O–H groups in total. The molecule has 0 aliphatic carbocycles. The Balaban J connectivity index is 2.51. The van der Waals surface area contributed by atoms with Crippen molar-refractivity contribution in [2.75, 3.05) is 0 Å². The van der Waals surface area contributed by atoms with E-state index in [0.717, 1.165) is 12.8 Å². The summed E-state index contributed by atoms with van der Waals surface area (Å²) in [5.41, 5.74) is 1.30. The maximum atomic E-state index is 9.14. The van der Waals surface area contributed by atoms with Crippen LogP contribution in [0.15, 0.2) is 36.4 Å². The van der Waals surface area contributed by atoms with Gasteiger partial charge < -0.3 is 5.11 Å². The van der Waals surface area contributed by atoms with Crippen LogP contribution in [0.5, 0.6) is 5.75 Å². The highest BCUT2D eigenvalue weighted by Gasteiger charge is 2.03. The predicted octanol–water partition coefficient (Wildman–Crippen LogP) is 3.85. The fourth-order valence-electron chi connectivity index (χ4n) is 1.48. The Kier molecular flexibility index (Phi) is 4.24. The Hall–Kier alpha value is -1.24. The molecule has 0 aliphatic rings. The molecule has 1 unspecified atom stereocenters. The van der Waals surface area contributed by atoms with Gasteiger partial charge in [0.15, 0.2) is 0 Å². The van der Waals surface area contributed by atoms with Crippen molar-refractivity contribution in [1.82, 2.24) is 0 Å². The zero-order valence-corrected chi connectivity index (χ0v) is 8.90. The summed E-state index contributed by atoms with van der Waals surface area (Å²) in [5.74, 6) is 0.904. The monoisotopic (exact) mass is 190 g/mol. The Morgan fingerprint density at radius 3 is 2.50 bits per heavy atom. The molecule has 0 fully saturated rings. The minimum Gasteiger partial charge on any atom is -0.508 e. The molecule has 1 nitrogen and oxygen atoms in total. The molecule has 0 saturated heterocycles. The fourth-order valence-corrected chi connectivity index (χ4v) is 1.48. The molecule has 0 amide bonds. The quantitative estimate of drug-likeness (QED) is 0.715. The van der Waals surface area contributed by atoms with E-state index in [0.29, 0.717) is 11.7 Å². The average molecular weight is 190 g/mol. The molecule has 0 saturated carbocycles. The molecule has 0 aromatic heterocycles. The molecule has 1 aromatic rings. The molecule has 1 aromatic carbocycles. The molecule has 0 bridgehead atoms. The van der Waals surface area contributed by atoms with Gasteiger partial charge in [-0.3, -0.25) is 0 Å². The molecule has 1 heteroatoms. The molecule has 1 atom stereocenters. The first-order valence-electron chi connectivity index (χ1n) is 5.14. The third-order valence-corrected chi connectivity index (χ3v) is 2.46. The van der Waals surface area contributed by atoms with Gasteiger partial charge in [-0.2, -0.15) is 0 Å². The molecular weight excluding hydrogens is 172 g/mol. The van der Waals surface area contributed by atoms with Crippen molar-refractivity contribution in [2.45, 2.75) is 32.6 Å². The maximum absolute atomic E-state index is 9.14. The van der Waals surface area contributed by atoms with Crippen LogP contribution >= 0.6 is 0 Å². The Morgan fingerprint density at radius 2 is 1.93 bits per heavy atom. The van der Waals surface area contributed by atoms with Crippen molar-refractivity contribution >= 4 is 0 Å². The number of aromatic hydroxyl groups is 1. The van der Waals surface area contributed by atoms with Gasteiger partial charge >= 0.3 is 0 Å². The van der Waals surface area contributed by atoms with E-state index >= 15 is 0 Å². The predicted molar refractivity (Wildman–Crippen MR) is 60.6 cm³/mol. The van der Waals surface area contributed by atoms with Crippen molar-refractivity contribution in [3.8, 4) is 5.75 Å². The van der Waals surface area contributed by atoms with E-state index in [2.05, 4.69) is 19.1 Å². The van der Waals surface area contributed by atoms with Gasteiger partial charge in [0.25, 0.3) is 0 Å². The summed E-state index contributed by atoms with van der Waals surface area (Å²) in [4.78, 5) is 0. The summed E-state index contributed by atoms with van der Waals surface area (Å²) >= 11 is 0. The van der Waals surface area contributed by atoms with E-state index in [4.69, 9.17) is 5.11 Å². The number of hydrogen-bond acceptors (Lipinski definition) is 1. The Morgan fingerprint density at radius 1 is 1.29 bits per heavy atom. The standard InChI is InChI=1S/C13H18O/c1-3-4-5-6-11(2)12-7-9-13(14)10-8-12/h3-4,7-11,14H,5-6H2,1-2H3. The summed E-state index contributed by atoms with van der Waals surface area (Å²) in [7, 11) is 0. The van der Waals surface area contributed by atoms with Crippen LogP contribution in [0.25, 0.3) is 0 Å². The minimum absolute atomic E-state index is 0.342. The molecule has 1 rings (SSSR count). The molecule has 0 radical (unpaired) electrons. The number of phenolic OH excluding ortho intramolecular Hbond substituents is 1. The number of allylic oxidation sites excluding steroid dienone is 2. The van der Waals surface area contributed by atoms with E-state index in [1.54, 1.807) is 12.1 Å². The van der Waals surface area contributed by atoms with Gasteiger partial charge in [0, 0.05) is 0 Å². The first-order chi connectivity index (χ1) is 6.74. The third kappa shape index (κ3) is 3.25. The normalized spacial score (nSPS) is 13.3. The smallest absolute Gasteiger partial charge is 0.115 e. The first kappa shape index (κ1) is 10.8. The largest absolute Gasteiger partial charge is 0.508 e. The van der Waals surface area contributed by atoms with Gasteiger partial charge in [-0.05, 0) is 43.4 Å². The van der Waals surface area contributed by atoms with Crippen LogP contribution in [0.2, 0.25) is 0 Å². The molecule has 0 spiro atoms. The zero-order chi connectivity index (χ0) is 10.4. The summed E-state index contributed by atoms with van der Waals surface area (Å²) in [5, 5.41) is 9.14. The van der Waals surface area contributed by atoms with Gasteiger partial charge in [0.05, 0.1) is 0 Å². The second-order valence-electron chi connectivity index (χ2n) is 3.64. The Bertz CT molecular complexity index is 285. The lowest BCUT2D eigenvalue weighted by atomic mass is 9.96. The van der Waals surface area contributed by atoms with Crippen LogP contribution in [0.3, 0.4) is 0 Å². The number of hydrogen-bond donors (Lipinski definition) is 1. The van der Waals surface area contributed by atoms with E-state index in [1.165, 1.54) is 5.56 Å². The Labute approximate surface area is 86.1 Å². The SMILES string of the molecule is CC=CCCC(C)c1ccc(O)cc1. The van der Waals surface area contributed by atoms with Crippen molar-refractivity contribution in [3.05, 3.63) is 42.0 Å². The van der Waals surface area contributed by atoms with Crippen LogP contribution < -0.4 is 0 Å². The lowest BCUT2D eigenvalue weighted by molar-refractivity contribution is 0.475. The number of rotatable bonds is 4. The van der Waals surface area contributed by atoms with Crippen molar-refractivity contribution < 1.29 is 5.11 Å². The van der Waals surface area contributed by atoms with Crippen LogP contribution in [0, 0.1) is 0 Å². The summed E-state index contributed by atoms with van der Waals surface area (Å²) < 4.78 is 0. The molecule has 0 aliphatic heterocycles. The minimum atomic E-state index is 0.342. The highest BCUT2D eigenvalue weighted by Crippen LogP contribution is 2.22. The molecular formula is C13H18O. The van der Waals surface area contributed by atoms with Crippen LogP contribution in [0.4, 0.5) is 0 Å². The van der Waals surface area contributed by atoms with E-state index in [-0.39, 0.29) is 0 Å². The number of phenols is 1. The van der Waals surface area contributed by atoms with Gasteiger partial charge in [-0.1, -0.05) is 31.2 Å². The van der Waals surface area contributed by atoms with Gasteiger partial charge in [-0.15, -0.1) is 0 Å². The second kappa shape index (κ2) is 5.48. The zero-order valence-electron chi connectivity index (χ0n) is 8.90. The summed E-state index contributed by atoms with van der Waals surface area (Å²) in [6.07, 6.45) is 6.56. The maximum Gasteiger partial charge on any atom is 0.115 e. The van der Waals surface area contributed by atoms with Gasteiger partial charge in [0.2, 0.25) is 0 Å². The average Bonchev–Trinajstić information content (AvgIpc) is 2.19. The van der Waals surface area contributed by atoms with Crippen LogP contribution in [-0.2, 0) is 0 Å². The molecule has 14 heavy (non-hydrogen) atoms. The topological polar surface area (TPSA) is 20.2 Å². The van der Waals surface area contributed by atoms with Crippen LogP contribution in [-0.4, -0.2) is 5.11 Å². The summed E-state index contributed by atoms with van der Waals surface area (Å²) in [6, 6.07) is 7.49. The van der Waals surface area contributed by atoms with Crippen LogP contribution in [0.1, 0.15) is 38.2 Å². The van der Waals surface area contributed by atoms with Crippen molar-refractivity contribution in [2.24, 2.45) is 0 Å². The fraction of sp³-hybridized carbons (Fsp3) is 0.385. The third-order valence-electron chi connectivity index (χ3n) is 2.46. The second-order valence-corrected chi connectivity index (χ2v) is 3.64. The highest BCUT2D eigenvalue weighted by atomic mass is 16.3. The van der Waals surface area contributed by atoms with E-state index in [1.807, 2.05) is 19.1 Å². The van der Waals surface area contributed by atoms with Crippen molar-refractivity contribution in [1.29, 1.82) is 0 Å². The number of benzene rings is 1.